The Morgan fingerprint density at radius 3 is 2.63 bits per heavy atom. The number of aromatic nitrogens is 1. The molecule has 0 atom stereocenters. The Hall–Kier alpha value is -1.58. The highest BCUT2D eigenvalue weighted by molar-refractivity contribution is 5.94. The van der Waals surface area contributed by atoms with E-state index in [1.807, 2.05) is 0 Å². The van der Waals surface area contributed by atoms with Gasteiger partial charge in [0.05, 0.1) is 0 Å². The van der Waals surface area contributed by atoms with Crippen LogP contribution < -0.4 is 0 Å². The van der Waals surface area contributed by atoms with Crippen LogP contribution in [0.15, 0.2) is 18.3 Å². The number of aromatic hydroxyl groups is 1. The summed E-state index contributed by atoms with van der Waals surface area (Å²) in [5.74, 6) is -0.238. The number of amides is 1. The Morgan fingerprint density at radius 1 is 1.42 bits per heavy atom. The van der Waals surface area contributed by atoms with Gasteiger partial charge < -0.3 is 10.0 Å². The summed E-state index contributed by atoms with van der Waals surface area (Å²) in [6.07, 6.45) is 5.82. The third-order valence-electron chi connectivity index (χ3n) is 4.17. The molecule has 1 amide bonds. The van der Waals surface area contributed by atoms with Crippen LogP contribution in [0.2, 0.25) is 0 Å². The summed E-state index contributed by atoms with van der Waals surface area (Å²) < 4.78 is 0. The van der Waals surface area contributed by atoms with E-state index < -0.39 is 0 Å². The lowest BCUT2D eigenvalue weighted by Gasteiger charge is -2.38. The molecule has 4 nitrogen and oxygen atoms in total. The maximum atomic E-state index is 12.3. The Morgan fingerprint density at radius 2 is 2.05 bits per heavy atom. The summed E-state index contributed by atoms with van der Waals surface area (Å²) >= 11 is 0. The van der Waals surface area contributed by atoms with Crippen molar-refractivity contribution in [2.75, 3.05) is 7.05 Å². The van der Waals surface area contributed by atoms with E-state index in [-0.39, 0.29) is 23.4 Å². The molecule has 1 fully saturated rings. The van der Waals surface area contributed by atoms with E-state index in [1.165, 1.54) is 12.3 Å². The first-order chi connectivity index (χ1) is 8.91. The zero-order valence-corrected chi connectivity index (χ0v) is 11.9. The van der Waals surface area contributed by atoms with Crippen molar-refractivity contribution in [3.8, 4) is 5.75 Å². The molecular weight excluding hydrogens is 240 g/mol. The second-order valence-corrected chi connectivity index (χ2v) is 6.18. The fourth-order valence-electron chi connectivity index (χ4n) is 2.67. The van der Waals surface area contributed by atoms with E-state index in [1.54, 1.807) is 18.0 Å². The zero-order chi connectivity index (χ0) is 14.0. The molecule has 2 rings (SSSR count). The molecule has 1 aliphatic rings. The van der Waals surface area contributed by atoms with Crippen molar-refractivity contribution in [2.45, 2.75) is 45.6 Å². The van der Waals surface area contributed by atoms with Crippen LogP contribution in [0, 0.1) is 5.41 Å². The first kappa shape index (κ1) is 13.8. The number of hydrogen-bond donors (Lipinski definition) is 1. The highest BCUT2D eigenvalue weighted by Crippen LogP contribution is 2.37. The number of hydrogen-bond acceptors (Lipinski definition) is 3. The van der Waals surface area contributed by atoms with Gasteiger partial charge in [0.25, 0.3) is 5.91 Å². The van der Waals surface area contributed by atoms with E-state index in [9.17, 15) is 9.90 Å². The lowest BCUT2D eigenvalue weighted by Crippen LogP contribution is -2.41. The van der Waals surface area contributed by atoms with E-state index in [0.717, 1.165) is 25.7 Å². The minimum atomic E-state index is -0.192. The van der Waals surface area contributed by atoms with Crippen LogP contribution in [0.1, 0.15) is 50.0 Å². The molecule has 1 aliphatic carbocycles. The van der Waals surface area contributed by atoms with Crippen molar-refractivity contribution in [2.24, 2.45) is 5.41 Å². The van der Waals surface area contributed by atoms with Gasteiger partial charge in [-0.2, -0.15) is 0 Å². The fourth-order valence-corrected chi connectivity index (χ4v) is 2.67. The highest BCUT2D eigenvalue weighted by Gasteiger charge is 2.31. The summed E-state index contributed by atoms with van der Waals surface area (Å²) in [5, 5.41) is 9.70. The first-order valence-electron chi connectivity index (χ1n) is 6.82. The van der Waals surface area contributed by atoms with Gasteiger partial charge in [-0.1, -0.05) is 13.8 Å². The monoisotopic (exact) mass is 262 g/mol. The van der Waals surface area contributed by atoms with Gasteiger partial charge in [-0.05, 0) is 43.2 Å². The lowest BCUT2D eigenvalue weighted by molar-refractivity contribution is 0.0626. The standard InChI is InChI=1S/C15H22N2O2/c1-15(2)8-6-11(7-9-15)17(3)14(19)13-12(18)5-4-10-16-13/h4-5,10-11,18H,6-9H2,1-3H3. The molecular formula is C15H22N2O2. The highest BCUT2D eigenvalue weighted by atomic mass is 16.3. The average Bonchev–Trinajstić information content (AvgIpc) is 2.38. The largest absolute Gasteiger partial charge is 0.505 e. The number of nitrogens with zero attached hydrogens (tertiary/aromatic N) is 2. The van der Waals surface area contributed by atoms with Gasteiger partial charge in [0.1, 0.15) is 5.75 Å². The topological polar surface area (TPSA) is 53.4 Å². The molecule has 1 aromatic rings. The zero-order valence-electron chi connectivity index (χ0n) is 11.9. The van der Waals surface area contributed by atoms with E-state index >= 15 is 0 Å². The normalized spacial score (nSPS) is 19.1. The molecule has 0 bridgehead atoms. The summed E-state index contributed by atoms with van der Waals surface area (Å²) in [7, 11) is 1.80. The Balaban J connectivity index is 2.06. The predicted octanol–water partition coefficient (Wildman–Crippen LogP) is 2.83. The first-order valence-corrected chi connectivity index (χ1v) is 6.82. The molecule has 1 saturated carbocycles. The predicted molar refractivity (Wildman–Crippen MR) is 74.0 cm³/mol. The molecule has 4 heteroatoms. The third kappa shape index (κ3) is 3.06. The van der Waals surface area contributed by atoms with Crippen molar-refractivity contribution in [1.29, 1.82) is 0 Å². The average molecular weight is 262 g/mol. The number of pyridine rings is 1. The van der Waals surface area contributed by atoms with E-state index in [4.69, 9.17) is 0 Å². The van der Waals surface area contributed by atoms with Crippen LogP contribution in [0.25, 0.3) is 0 Å². The molecule has 1 heterocycles. The van der Waals surface area contributed by atoms with Crippen LogP contribution in [-0.4, -0.2) is 34.0 Å². The van der Waals surface area contributed by atoms with Crippen molar-refractivity contribution in [3.05, 3.63) is 24.0 Å². The maximum absolute atomic E-state index is 12.3. The molecule has 19 heavy (non-hydrogen) atoms. The molecule has 1 aromatic heterocycles. The van der Waals surface area contributed by atoms with Crippen molar-refractivity contribution in [1.82, 2.24) is 9.88 Å². The molecule has 0 radical (unpaired) electrons. The van der Waals surface area contributed by atoms with Crippen LogP contribution in [-0.2, 0) is 0 Å². The quantitative estimate of drug-likeness (QED) is 0.891. The van der Waals surface area contributed by atoms with Crippen LogP contribution in [0.4, 0.5) is 0 Å². The lowest BCUT2D eigenvalue weighted by atomic mass is 9.75. The third-order valence-corrected chi connectivity index (χ3v) is 4.17. The van der Waals surface area contributed by atoms with Crippen molar-refractivity contribution < 1.29 is 9.90 Å². The fraction of sp³-hybridized carbons (Fsp3) is 0.600. The molecule has 0 saturated heterocycles. The Labute approximate surface area is 114 Å². The van der Waals surface area contributed by atoms with Gasteiger partial charge >= 0.3 is 0 Å². The minimum absolute atomic E-state index is 0.0458. The molecule has 0 spiro atoms. The van der Waals surface area contributed by atoms with Gasteiger partial charge in [0.2, 0.25) is 0 Å². The second-order valence-electron chi connectivity index (χ2n) is 6.18. The van der Waals surface area contributed by atoms with Gasteiger partial charge in [-0.25, -0.2) is 4.98 Å². The smallest absolute Gasteiger partial charge is 0.276 e. The summed E-state index contributed by atoms with van der Waals surface area (Å²) in [4.78, 5) is 18.0. The molecule has 0 unspecified atom stereocenters. The summed E-state index contributed by atoms with van der Waals surface area (Å²) in [5.41, 5.74) is 0.530. The summed E-state index contributed by atoms with van der Waals surface area (Å²) in [6.45, 7) is 4.55. The number of carbonyl (C=O) groups is 1. The Kier molecular flexibility index (Phi) is 3.78. The second kappa shape index (κ2) is 5.19. The van der Waals surface area contributed by atoms with Crippen LogP contribution >= 0.6 is 0 Å². The molecule has 0 aromatic carbocycles. The van der Waals surface area contributed by atoms with Gasteiger partial charge in [0, 0.05) is 19.3 Å². The SMILES string of the molecule is CN(C(=O)c1ncccc1O)C1CCC(C)(C)CC1. The Bertz CT molecular complexity index is 461. The molecule has 0 aliphatic heterocycles. The minimum Gasteiger partial charge on any atom is -0.505 e. The van der Waals surface area contributed by atoms with Gasteiger partial charge in [-0.15, -0.1) is 0 Å². The summed E-state index contributed by atoms with van der Waals surface area (Å²) in [6, 6.07) is 3.37. The van der Waals surface area contributed by atoms with Crippen LogP contribution in [0.5, 0.6) is 5.75 Å². The maximum Gasteiger partial charge on any atom is 0.276 e. The van der Waals surface area contributed by atoms with Crippen LogP contribution in [0.3, 0.4) is 0 Å². The van der Waals surface area contributed by atoms with Crippen molar-refractivity contribution >= 4 is 5.91 Å². The molecule has 1 N–H and O–H groups in total. The van der Waals surface area contributed by atoms with Gasteiger partial charge in [0.15, 0.2) is 5.69 Å². The number of rotatable bonds is 2. The van der Waals surface area contributed by atoms with Crippen molar-refractivity contribution in [3.63, 3.8) is 0 Å². The van der Waals surface area contributed by atoms with Gasteiger partial charge in [-0.3, -0.25) is 4.79 Å². The van der Waals surface area contributed by atoms with E-state index in [2.05, 4.69) is 18.8 Å². The number of carbonyl (C=O) groups excluding carboxylic acids is 1. The van der Waals surface area contributed by atoms with E-state index in [0.29, 0.717) is 5.41 Å². The molecule has 104 valence electrons.